The van der Waals surface area contributed by atoms with Crippen molar-refractivity contribution in [3.05, 3.63) is 30.5 Å². The Bertz CT molecular complexity index is 487. The molecule has 0 aliphatic rings. The molecule has 0 atom stereocenters. The molecule has 0 saturated carbocycles. The predicted octanol–water partition coefficient (Wildman–Crippen LogP) is 2.69. The SMILES string of the molecule is ClCCOCCCNc1nncc2ccccc12. The van der Waals surface area contributed by atoms with Gasteiger partial charge in [-0.2, -0.15) is 5.10 Å². The van der Waals surface area contributed by atoms with E-state index in [2.05, 4.69) is 15.5 Å². The van der Waals surface area contributed by atoms with Crippen molar-refractivity contribution in [3.8, 4) is 0 Å². The number of halogens is 1. The lowest BCUT2D eigenvalue weighted by molar-refractivity contribution is 0.149. The van der Waals surface area contributed by atoms with Gasteiger partial charge in [0.1, 0.15) is 0 Å². The van der Waals surface area contributed by atoms with Crippen molar-refractivity contribution >= 4 is 28.2 Å². The number of hydrogen-bond acceptors (Lipinski definition) is 4. The van der Waals surface area contributed by atoms with Gasteiger partial charge >= 0.3 is 0 Å². The summed E-state index contributed by atoms with van der Waals surface area (Å²) >= 11 is 5.52. The summed E-state index contributed by atoms with van der Waals surface area (Å²) in [5.74, 6) is 1.37. The second-order valence-electron chi connectivity index (χ2n) is 3.86. The van der Waals surface area contributed by atoms with Gasteiger partial charge < -0.3 is 10.1 Å². The Morgan fingerprint density at radius 3 is 3.00 bits per heavy atom. The molecular formula is C13H16ClN3O. The number of fused-ring (bicyclic) bond motifs is 1. The van der Waals surface area contributed by atoms with Crippen molar-refractivity contribution in [3.63, 3.8) is 0 Å². The van der Waals surface area contributed by atoms with E-state index in [0.29, 0.717) is 19.1 Å². The summed E-state index contributed by atoms with van der Waals surface area (Å²) in [6, 6.07) is 8.06. The molecule has 18 heavy (non-hydrogen) atoms. The van der Waals surface area contributed by atoms with Crippen molar-refractivity contribution in [2.75, 3.05) is 31.0 Å². The standard InChI is InChI=1S/C13H16ClN3O/c14-6-9-18-8-3-7-15-13-12-5-2-1-4-11(12)10-16-17-13/h1-2,4-5,10H,3,6-9H2,(H,15,17). The molecular weight excluding hydrogens is 250 g/mol. The molecule has 0 amide bonds. The first kappa shape index (κ1) is 13.1. The summed E-state index contributed by atoms with van der Waals surface area (Å²) in [5, 5.41) is 13.6. The number of aromatic nitrogens is 2. The zero-order chi connectivity index (χ0) is 12.6. The molecule has 0 fully saturated rings. The monoisotopic (exact) mass is 265 g/mol. The minimum Gasteiger partial charge on any atom is -0.380 e. The van der Waals surface area contributed by atoms with E-state index >= 15 is 0 Å². The van der Waals surface area contributed by atoms with Gasteiger partial charge in [-0.15, -0.1) is 16.7 Å². The average Bonchev–Trinajstić information content (AvgIpc) is 2.43. The number of nitrogens with zero attached hydrogens (tertiary/aromatic N) is 2. The molecule has 0 spiro atoms. The maximum Gasteiger partial charge on any atom is 0.156 e. The van der Waals surface area contributed by atoms with Gasteiger partial charge in [0.05, 0.1) is 12.8 Å². The van der Waals surface area contributed by atoms with E-state index in [1.807, 2.05) is 24.3 Å². The molecule has 1 aromatic carbocycles. The molecule has 0 radical (unpaired) electrons. The van der Waals surface area contributed by atoms with Crippen LogP contribution in [0.25, 0.3) is 10.8 Å². The topological polar surface area (TPSA) is 47.0 Å². The van der Waals surface area contributed by atoms with Crippen LogP contribution < -0.4 is 5.32 Å². The Balaban J connectivity index is 1.88. The van der Waals surface area contributed by atoms with Crippen LogP contribution in [0.1, 0.15) is 6.42 Å². The van der Waals surface area contributed by atoms with Gasteiger partial charge in [0, 0.05) is 29.8 Å². The maximum absolute atomic E-state index is 5.52. The minimum atomic E-state index is 0.544. The second-order valence-corrected chi connectivity index (χ2v) is 4.24. The molecule has 0 aliphatic heterocycles. The Morgan fingerprint density at radius 2 is 2.11 bits per heavy atom. The van der Waals surface area contributed by atoms with Crippen LogP contribution in [-0.2, 0) is 4.74 Å². The van der Waals surface area contributed by atoms with Gasteiger partial charge in [0.2, 0.25) is 0 Å². The number of hydrogen-bond donors (Lipinski definition) is 1. The lowest BCUT2D eigenvalue weighted by atomic mass is 10.2. The maximum atomic E-state index is 5.52. The number of anilines is 1. The number of nitrogens with one attached hydrogen (secondary N) is 1. The average molecular weight is 266 g/mol. The highest BCUT2D eigenvalue weighted by Crippen LogP contribution is 2.18. The van der Waals surface area contributed by atoms with E-state index in [1.54, 1.807) is 6.20 Å². The van der Waals surface area contributed by atoms with Crippen LogP contribution in [0.15, 0.2) is 30.5 Å². The number of ether oxygens (including phenoxy) is 1. The van der Waals surface area contributed by atoms with Gasteiger partial charge in [0.15, 0.2) is 5.82 Å². The lowest BCUT2D eigenvalue weighted by Crippen LogP contribution is -2.08. The predicted molar refractivity (Wildman–Crippen MR) is 74.2 cm³/mol. The second kappa shape index (κ2) is 7.13. The smallest absolute Gasteiger partial charge is 0.156 e. The van der Waals surface area contributed by atoms with Crippen LogP contribution in [0, 0.1) is 0 Å². The third-order valence-corrected chi connectivity index (χ3v) is 2.70. The molecule has 5 heteroatoms. The molecule has 2 rings (SSSR count). The molecule has 1 aromatic heterocycles. The third-order valence-electron chi connectivity index (χ3n) is 2.55. The number of benzene rings is 1. The van der Waals surface area contributed by atoms with Gasteiger partial charge in [-0.05, 0) is 6.42 Å². The summed E-state index contributed by atoms with van der Waals surface area (Å²) in [5.41, 5.74) is 0. The van der Waals surface area contributed by atoms with Crippen LogP contribution in [0.2, 0.25) is 0 Å². The van der Waals surface area contributed by atoms with Crippen LogP contribution >= 0.6 is 11.6 Å². The molecule has 0 unspecified atom stereocenters. The molecule has 4 nitrogen and oxygen atoms in total. The fourth-order valence-corrected chi connectivity index (χ4v) is 1.81. The molecule has 0 bridgehead atoms. The summed E-state index contributed by atoms with van der Waals surface area (Å²) < 4.78 is 5.30. The first-order valence-electron chi connectivity index (χ1n) is 6.00. The van der Waals surface area contributed by atoms with E-state index in [9.17, 15) is 0 Å². The van der Waals surface area contributed by atoms with Crippen molar-refractivity contribution in [1.29, 1.82) is 0 Å². The van der Waals surface area contributed by atoms with Gasteiger partial charge in [0.25, 0.3) is 0 Å². The third kappa shape index (κ3) is 3.55. The van der Waals surface area contributed by atoms with Gasteiger partial charge in [-0.25, -0.2) is 0 Å². The summed E-state index contributed by atoms with van der Waals surface area (Å²) in [7, 11) is 0. The van der Waals surface area contributed by atoms with Crippen molar-refractivity contribution in [2.24, 2.45) is 0 Å². The summed E-state index contributed by atoms with van der Waals surface area (Å²) in [6.07, 6.45) is 2.69. The largest absolute Gasteiger partial charge is 0.380 e. The van der Waals surface area contributed by atoms with Gasteiger partial charge in [-0.1, -0.05) is 24.3 Å². The number of rotatable bonds is 7. The van der Waals surface area contributed by atoms with Crippen LogP contribution in [-0.4, -0.2) is 35.8 Å². The summed E-state index contributed by atoms with van der Waals surface area (Å²) in [6.45, 7) is 2.12. The fraction of sp³-hybridized carbons (Fsp3) is 0.385. The Kier molecular flexibility index (Phi) is 5.17. The molecule has 96 valence electrons. The number of alkyl halides is 1. The molecule has 0 aliphatic carbocycles. The quantitative estimate of drug-likeness (QED) is 0.618. The van der Waals surface area contributed by atoms with E-state index in [-0.39, 0.29) is 0 Å². The Labute approximate surface area is 111 Å². The van der Waals surface area contributed by atoms with Crippen LogP contribution in [0.4, 0.5) is 5.82 Å². The van der Waals surface area contributed by atoms with Gasteiger partial charge in [-0.3, -0.25) is 0 Å². The first-order valence-corrected chi connectivity index (χ1v) is 6.53. The minimum absolute atomic E-state index is 0.544. The van der Waals surface area contributed by atoms with E-state index < -0.39 is 0 Å². The normalized spacial score (nSPS) is 10.7. The molecule has 1 heterocycles. The lowest BCUT2D eigenvalue weighted by Gasteiger charge is -2.07. The first-order chi connectivity index (χ1) is 8.92. The highest BCUT2D eigenvalue weighted by atomic mass is 35.5. The molecule has 2 aromatic rings. The fourth-order valence-electron chi connectivity index (χ4n) is 1.70. The summed E-state index contributed by atoms with van der Waals surface area (Å²) in [4.78, 5) is 0. The van der Waals surface area contributed by atoms with E-state index in [0.717, 1.165) is 29.6 Å². The highest BCUT2D eigenvalue weighted by Gasteiger charge is 2.01. The highest BCUT2D eigenvalue weighted by molar-refractivity contribution is 6.17. The van der Waals surface area contributed by atoms with Crippen molar-refractivity contribution in [1.82, 2.24) is 10.2 Å². The molecule has 1 N–H and O–H groups in total. The van der Waals surface area contributed by atoms with E-state index in [4.69, 9.17) is 16.3 Å². The van der Waals surface area contributed by atoms with Crippen LogP contribution in [0.5, 0.6) is 0 Å². The van der Waals surface area contributed by atoms with Crippen LogP contribution in [0.3, 0.4) is 0 Å². The zero-order valence-corrected chi connectivity index (χ0v) is 10.9. The zero-order valence-electron chi connectivity index (χ0n) is 10.1. The van der Waals surface area contributed by atoms with E-state index in [1.165, 1.54) is 0 Å². The van der Waals surface area contributed by atoms with Crippen molar-refractivity contribution < 1.29 is 4.74 Å². The Morgan fingerprint density at radius 1 is 1.22 bits per heavy atom. The Hall–Kier alpha value is -1.39. The molecule has 0 saturated heterocycles. The van der Waals surface area contributed by atoms with Crippen molar-refractivity contribution in [2.45, 2.75) is 6.42 Å².